The number of alkyl halides is 4. The number of fused-ring (bicyclic) bond motifs is 1. The summed E-state index contributed by atoms with van der Waals surface area (Å²) in [7, 11) is -3.05. The first kappa shape index (κ1) is 29.9. The molecule has 3 aliphatic rings. The predicted octanol–water partition coefficient (Wildman–Crippen LogP) is 5.41. The Morgan fingerprint density at radius 1 is 1.20 bits per heavy atom. The van der Waals surface area contributed by atoms with Gasteiger partial charge in [-0.05, 0) is 30.3 Å². The molecule has 2 aliphatic heterocycles. The van der Waals surface area contributed by atoms with Gasteiger partial charge in [0.15, 0.2) is 0 Å². The average Bonchev–Trinajstić information content (AvgIpc) is 2.95. The second-order valence-corrected chi connectivity index (χ2v) is 13.8. The molecule has 2 heterocycles. The van der Waals surface area contributed by atoms with Crippen LogP contribution in [-0.4, -0.2) is 75.4 Å². The Hall–Kier alpha value is -2.55. The van der Waals surface area contributed by atoms with Gasteiger partial charge in [-0.1, -0.05) is 6.08 Å². The molecule has 7 nitrogen and oxygen atoms in total. The summed E-state index contributed by atoms with van der Waals surface area (Å²) < 4.78 is 107. The Kier molecular flexibility index (Phi) is 8.22. The van der Waals surface area contributed by atoms with Gasteiger partial charge in [0.05, 0.1) is 42.4 Å². The van der Waals surface area contributed by atoms with E-state index in [1.165, 1.54) is 43.4 Å². The molecule has 1 N–H and O–H groups in total. The van der Waals surface area contributed by atoms with Crippen molar-refractivity contribution in [1.82, 2.24) is 4.31 Å². The summed E-state index contributed by atoms with van der Waals surface area (Å²) >= 11 is 1.13. The van der Waals surface area contributed by atoms with Crippen molar-refractivity contribution in [1.29, 1.82) is 0 Å². The molecule has 41 heavy (non-hydrogen) atoms. The molecule has 5 rings (SSSR count). The largest absolute Gasteiger partial charge is 0.492 e. The van der Waals surface area contributed by atoms with Crippen LogP contribution in [0.4, 0.5) is 33.3 Å². The standard InChI is InChI=1S/C27H29F5N2O5S2/c1-33-19(6-7-25(29)30)12-34(18-4-2-17(28)3-5-18)21-8-23(40-20-10-27(31,32)11-20)22(9-24(21)41(33,36)37)39-16-26(13-35)14-38-15-26/h2-6,8-9,20,25,35H,7,10-16H2,1H3/b19-6+. The van der Waals surface area contributed by atoms with E-state index in [-0.39, 0.29) is 67.8 Å². The zero-order valence-electron chi connectivity index (χ0n) is 22.0. The smallest absolute Gasteiger partial charge is 0.266 e. The van der Waals surface area contributed by atoms with E-state index in [0.29, 0.717) is 10.6 Å². The molecule has 0 atom stereocenters. The van der Waals surface area contributed by atoms with E-state index in [9.17, 15) is 35.5 Å². The minimum atomic E-state index is -4.31. The summed E-state index contributed by atoms with van der Waals surface area (Å²) in [6.45, 7) is 0.103. The molecule has 0 spiro atoms. The van der Waals surface area contributed by atoms with Gasteiger partial charge in [-0.25, -0.2) is 30.4 Å². The molecule has 2 fully saturated rings. The summed E-state index contributed by atoms with van der Waals surface area (Å²) in [4.78, 5) is 1.76. The number of nitrogens with zero attached hydrogens (tertiary/aromatic N) is 2. The normalized spacial score (nSPS) is 22.2. The Morgan fingerprint density at radius 3 is 2.44 bits per heavy atom. The third-order valence-corrected chi connectivity index (χ3v) is 10.5. The molecule has 1 saturated carbocycles. The van der Waals surface area contributed by atoms with Crippen LogP contribution in [0.15, 0.2) is 58.0 Å². The van der Waals surface area contributed by atoms with Gasteiger partial charge in [0.25, 0.3) is 10.0 Å². The maximum absolute atomic E-state index is 13.9. The van der Waals surface area contributed by atoms with Gasteiger partial charge in [-0.2, -0.15) is 0 Å². The van der Waals surface area contributed by atoms with Crippen LogP contribution < -0.4 is 9.64 Å². The number of aliphatic hydroxyl groups excluding tert-OH is 1. The van der Waals surface area contributed by atoms with Gasteiger partial charge < -0.3 is 19.5 Å². The first-order valence-corrected chi connectivity index (χ1v) is 15.2. The number of allylic oxidation sites excluding steroid dienone is 1. The topological polar surface area (TPSA) is 79.3 Å². The molecule has 14 heteroatoms. The van der Waals surface area contributed by atoms with Crippen molar-refractivity contribution in [3.63, 3.8) is 0 Å². The molecule has 1 saturated heterocycles. The van der Waals surface area contributed by atoms with E-state index >= 15 is 0 Å². The lowest BCUT2D eigenvalue weighted by molar-refractivity contribution is -0.153. The molecule has 2 aromatic carbocycles. The van der Waals surface area contributed by atoms with Gasteiger partial charge in [0.2, 0.25) is 12.3 Å². The van der Waals surface area contributed by atoms with Crippen LogP contribution in [0.2, 0.25) is 0 Å². The van der Waals surface area contributed by atoms with Crippen LogP contribution in [0.1, 0.15) is 19.3 Å². The van der Waals surface area contributed by atoms with E-state index in [2.05, 4.69) is 0 Å². The number of sulfonamides is 1. The van der Waals surface area contributed by atoms with Crippen LogP contribution in [-0.2, 0) is 14.8 Å². The predicted molar refractivity (Wildman–Crippen MR) is 143 cm³/mol. The lowest BCUT2D eigenvalue weighted by atomic mass is 9.88. The molecule has 1 aliphatic carbocycles. The molecule has 0 radical (unpaired) electrons. The summed E-state index contributed by atoms with van der Waals surface area (Å²) in [6, 6.07) is 8.09. The molecule has 0 amide bonds. The number of benzene rings is 2. The van der Waals surface area contributed by atoms with Crippen molar-refractivity contribution in [3.05, 3.63) is 54.0 Å². The maximum Gasteiger partial charge on any atom is 0.266 e. The SMILES string of the molecule is CN1/C(=C/CC(F)F)CN(c2ccc(F)cc2)c2cc(SC3CC(F)(F)C3)c(OCC3(CO)COC3)cc2S1(=O)=O. The van der Waals surface area contributed by atoms with Crippen molar-refractivity contribution in [2.45, 2.75) is 46.7 Å². The second kappa shape index (κ2) is 11.3. The highest BCUT2D eigenvalue weighted by atomic mass is 32.2. The molecular formula is C27H29F5N2O5S2. The maximum atomic E-state index is 13.9. The minimum absolute atomic E-state index is 0.00617. The summed E-state index contributed by atoms with van der Waals surface area (Å²) in [6.07, 6.45) is -2.95. The van der Waals surface area contributed by atoms with Gasteiger partial charge >= 0.3 is 0 Å². The Bertz CT molecular complexity index is 1400. The van der Waals surface area contributed by atoms with Crippen molar-refractivity contribution in [3.8, 4) is 5.75 Å². The Labute approximate surface area is 239 Å². The van der Waals surface area contributed by atoms with Gasteiger partial charge in [0, 0.05) is 49.0 Å². The summed E-state index contributed by atoms with van der Waals surface area (Å²) in [5.41, 5.74) is -0.0495. The molecule has 224 valence electrons. The van der Waals surface area contributed by atoms with Crippen LogP contribution >= 0.6 is 11.8 Å². The van der Waals surface area contributed by atoms with Crippen molar-refractivity contribution in [2.24, 2.45) is 5.41 Å². The number of likely N-dealkylation sites (N-methyl/N-ethyl adjacent to an activating group) is 1. The molecule has 0 aromatic heterocycles. The van der Waals surface area contributed by atoms with Crippen molar-refractivity contribution in [2.75, 3.05) is 44.9 Å². The highest BCUT2D eigenvalue weighted by Gasteiger charge is 2.46. The summed E-state index contributed by atoms with van der Waals surface area (Å²) in [5, 5.41) is 9.39. The second-order valence-electron chi connectivity index (χ2n) is 10.6. The van der Waals surface area contributed by atoms with Crippen LogP contribution in [0.25, 0.3) is 0 Å². The number of hydrogen-bond donors (Lipinski definition) is 1. The van der Waals surface area contributed by atoms with E-state index in [0.717, 1.165) is 22.1 Å². The van der Waals surface area contributed by atoms with Gasteiger partial charge in [-0.3, -0.25) is 4.31 Å². The van der Waals surface area contributed by atoms with Crippen molar-refractivity contribution >= 4 is 33.2 Å². The van der Waals surface area contributed by atoms with Gasteiger partial charge in [0.1, 0.15) is 23.1 Å². The number of halogens is 5. The third-order valence-electron chi connectivity index (χ3n) is 7.38. The number of rotatable bonds is 9. The zero-order chi connectivity index (χ0) is 29.6. The van der Waals surface area contributed by atoms with E-state index in [1.54, 1.807) is 4.90 Å². The zero-order valence-corrected chi connectivity index (χ0v) is 23.7. The average molecular weight is 621 g/mol. The highest BCUT2D eigenvalue weighted by molar-refractivity contribution is 8.00. The molecular weight excluding hydrogens is 591 g/mol. The fraction of sp³-hybridized carbons (Fsp3) is 0.481. The van der Waals surface area contributed by atoms with Crippen molar-refractivity contribution < 1.29 is 45.0 Å². The Morgan fingerprint density at radius 2 is 1.88 bits per heavy atom. The fourth-order valence-corrected chi connectivity index (χ4v) is 7.63. The third kappa shape index (κ3) is 6.15. The van der Waals surface area contributed by atoms with E-state index in [1.807, 2.05) is 0 Å². The van der Waals surface area contributed by atoms with Gasteiger partial charge in [-0.15, -0.1) is 11.8 Å². The lowest BCUT2D eigenvalue weighted by Crippen LogP contribution is -2.50. The van der Waals surface area contributed by atoms with Crippen LogP contribution in [0.5, 0.6) is 5.75 Å². The number of hydrogen-bond acceptors (Lipinski definition) is 7. The number of ether oxygens (including phenoxy) is 2. The molecule has 2 aromatic rings. The monoisotopic (exact) mass is 620 g/mol. The summed E-state index contributed by atoms with van der Waals surface area (Å²) in [5.74, 6) is -3.18. The van der Waals surface area contributed by atoms with Crippen LogP contribution in [0, 0.1) is 11.2 Å². The number of aliphatic hydroxyl groups is 1. The molecule has 0 unspecified atom stereocenters. The quantitative estimate of drug-likeness (QED) is 0.376. The molecule has 0 bridgehead atoms. The first-order chi connectivity index (χ1) is 19.3. The lowest BCUT2D eigenvalue weighted by Gasteiger charge is -2.39. The number of anilines is 2. The van der Waals surface area contributed by atoms with E-state index in [4.69, 9.17) is 9.47 Å². The minimum Gasteiger partial charge on any atom is -0.492 e. The first-order valence-electron chi connectivity index (χ1n) is 12.9. The number of thioether (sulfide) groups is 1. The van der Waals surface area contributed by atoms with Crippen LogP contribution in [0.3, 0.4) is 0 Å². The highest BCUT2D eigenvalue weighted by Crippen LogP contribution is 2.51. The fourth-order valence-electron chi connectivity index (χ4n) is 4.78. The Balaban J connectivity index is 1.63. The van der Waals surface area contributed by atoms with E-state index < -0.39 is 45.3 Å².